The Morgan fingerprint density at radius 2 is 2.21 bits per heavy atom. The summed E-state index contributed by atoms with van der Waals surface area (Å²) in [5.74, 6) is 0.947. The first-order chi connectivity index (χ1) is 9.26. The molecule has 0 fully saturated rings. The smallest absolute Gasteiger partial charge is 0.102 e. The van der Waals surface area contributed by atoms with E-state index in [1.54, 1.807) is 26.0 Å². The number of nitriles is 1. The third kappa shape index (κ3) is 4.75. The predicted molar refractivity (Wildman–Crippen MR) is 78.7 cm³/mol. The minimum absolute atomic E-state index is 0.0287. The van der Waals surface area contributed by atoms with Gasteiger partial charge in [-0.05, 0) is 17.9 Å². The van der Waals surface area contributed by atoms with Gasteiger partial charge < -0.3 is 14.8 Å². The van der Waals surface area contributed by atoms with Crippen LogP contribution in [-0.2, 0) is 9.47 Å². The fraction of sp³-hybridized carbons (Fsp3) is 0.500. The third-order valence-electron chi connectivity index (χ3n) is 2.64. The Morgan fingerprint density at radius 3 is 2.79 bits per heavy atom. The summed E-state index contributed by atoms with van der Waals surface area (Å²) in [6, 6.07) is 8.11. The van der Waals surface area contributed by atoms with E-state index in [0.717, 1.165) is 16.3 Å². The summed E-state index contributed by atoms with van der Waals surface area (Å²) in [4.78, 5) is 1.01. The maximum atomic E-state index is 9.29. The molecule has 104 valence electrons. The molecule has 1 rings (SSSR count). The Kier molecular flexibility index (Phi) is 7.34. The van der Waals surface area contributed by atoms with Gasteiger partial charge in [-0.2, -0.15) is 5.26 Å². The van der Waals surface area contributed by atoms with Crippen LogP contribution in [0.25, 0.3) is 0 Å². The van der Waals surface area contributed by atoms with Crippen LogP contribution < -0.4 is 5.32 Å². The molecule has 1 aromatic rings. The average molecular weight is 280 g/mol. The van der Waals surface area contributed by atoms with Crippen molar-refractivity contribution in [2.75, 3.05) is 38.4 Å². The molecule has 0 saturated carbocycles. The zero-order chi connectivity index (χ0) is 14.1. The lowest BCUT2D eigenvalue weighted by atomic mass is 10.2. The molecule has 19 heavy (non-hydrogen) atoms. The summed E-state index contributed by atoms with van der Waals surface area (Å²) in [7, 11) is 3.30. The van der Waals surface area contributed by atoms with Crippen molar-refractivity contribution >= 4 is 17.4 Å². The number of methoxy groups -OCH3 is 2. The lowest BCUT2D eigenvalue weighted by Gasteiger charge is -2.17. The fourth-order valence-corrected chi connectivity index (χ4v) is 2.48. The van der Waals surface area contributed by atoms with Crippen LogP contribution in [-0.4, -0.2) is 39.2 Å². The first kappa shape index (κ1) is 15.8. The SMILES string of the molecule is CCSc1cccc(NCC(COC)OC)c1C#N. The normalized spacial score (nSPS) is 11.9. The summed E-state index contributed by atoms with van der Waals surface area (Å²) in [6.07, 6.45) is -0.0287. The standard InChI is InChI=1S/C14H20N2O2S/c1-4-19-14-7-5-6-13(12(14)8-15)16-9-11(18-3)10-17-2/h5-7,11,16H,4,9-10H2,1-3H3. The van der Waals surface area contributed by atoms with Gasteiger partial charge in [0, 0.05) is 25.7 Å². The monoisotopic (exact) mass is 280 g/mol. The first-order valence-corrected chi connectivity index (χ1v) is 7.16. The van der Waals surface area contributed by atoms with Crippen LogP contribution in [0.3, 0.4) is 0 Å². The van der Waals surface area contributed by atoms with Crippen molar-refractivity contribution in [1.29, 1.82) is 5.26 Å². The molecule has 4 nitrogen and oxygen atoms in total. The van der Waals surface area contributed by atoms with Crippen molar-refractivity contribution < 1.29 is 9.47 Å². The molecule has 5 heteroatoms. The number of nitrogens with zero attached hydrogens (tertiary/aromatic N) is 1. The van der Waals surface area contributed by atoms with Crippen molar-refractivity contribution in [2.24, 2.45) is 0 Å². The average Bonchev–Trinajstić information content (AvgIpc) is 2.44. The molecule has 0 aliphatic carbocycles. The van der Waals surface area contributed by atoms with Crippen LogP contribution in [0, 0.1) is 11.3 Å². The zero-order valence-electron chi connectivity index (χ0n) is 11.6. The quantitative estimate of drug-likeness (QED) is 0.742. The van der Waals surface area contributed by atoms with Crippen molar-refractivity contribution in [3.63, 3.8) is 0 Å². The van der Waals surface area contributed by atoms with Gasteiger partial charge in [-0.3, -0.25) is 0 Å². The minimum atomic E-state index is -0.0287. The Hall–Kier alpha value is -1.22. The molecule has 1 atom stereocenters. The predicted octanol–water partition coefficient (Wildman–Crippen LogP) is 2.74. The van der Waals surface area contributed by atoms with E-state index in [2.05, 4.69) is 18.3 Å². The number of anilines is 1. The molecule has 0 aromatic heterocycles. The molecule has 0 amide bonds. The van der Waals surface area contributed by atoms with E-state index in [1.165, 1.54) is 0 Å². The van der Waals surface area contributed by atoms with Gasteiger partial charge in [0.15, 0.2) is 0 Å². The summed E-state index contributed by atoms with van der Waals surface area (Å²) >= 11 is 1.67. The maximum absolute atomic E-state index is 9.29. The summed E-state index contributed by atoms with van der Waals surface area (Å²) in [6.45, 7) is 3.21. The molecule has 0 saturated heterocycles. The van der Waals surface area contributed by atoms with E-state index in [0.29, 0.717) is 18.7 Å². The van der Waals surface area contributed by atoms with Crippen LogP contribution in [0.15, 0.2) is 23.1 Å². The summed E-state index contributed by atoms with van der Waals surface area (Å²) in [5.41, 5.74) is 1.54. The molecule has 0 heterocycles. The largest absolute Gasteiger partial charge is 0.382 e. The first-order valence-electron chi connectivity index (χ1n) is 6.18. The molecular weight excluding hydrogens is 260 g/mol. The Bertz CT molecular complexity index is 432. The highest BCUT2D eigenvalue weighted by atomic mass is 32.2. The zero-order valence-corrected chi connectivity index (χ0v) is 12.4. The van der Waals surface area contributed by atoms with Gasteiger partial charge in [0.05, 0.1) is 24.0 Å². The van der Waals surface area contributed by atoms with Crippen LogP contribution >= 0.6 is 11.8 Å². The van der Waals surface area contributed by atoms with Crippen molar-refractivity contribution in [2.45, 2.75) is 17.9 Å². The van der Waals surface area contributed by atoms with Crippen molar-refractivity contribution in [1.82, 2.24) is 0 Å². The van der Waals surface area contributed by atoms with Crippen LogP contribution in [0.1, 0.15) is 12.5 Å². The lowest BCUT2D eigenvalue weighted by molar-refractivity contribution is 0.0365. The van der Waals surface area contributed by atoms with Crippen molar-refractivity contribution in [3.05, 3.63) is 23.8 Å². The number of thioether (sulfide) groups is 1. The second kappa shape index (κ2) is 8.81. The Labute approximate surface area is 119 Å². The highest BCUT2D eigenvalue weighted by Crippen LogP contribution is 2.27. The van der Waals surface area contributed by atoms with E-state index >= 15 is 0 Å². The molecule has 0 aliphatic heterocycles. The van der Waals surface area contributed by atoms with Gasteiger partial charge in [-0.1, -0.05) is 13.0 Å². The second-order valence-electron chi connectivity index (χ2n) is 3.92. The number of benzene rings is 1. The van der Waals surface area contributed by atoms with Crippen LogP contribution in [0.4, 0.5) is 5.69 Å². The lowest BCUT2D eigenvalue weighted by Crippen LogP contribution is -2.26. The summed E-state index contributed by atoms with van der Waals surface area (Å²) < 4.78 is 10.4. The van der Waals surface area contributed by atoms with Gasteiger partial charge in [0.2, 0.25) is 0 Å². The van der Waals surface area contributed by atoms with E-state index in [-0.39, 0.29) is 6.10 Å². The molecule has 0 aliphatic rings. The number of rotatable bonds is 8. The topological polar surface area (TPSA) is 54.3 Å². The maximum Gasteiger partial charge on any atom is 0.102 e. The molecular formula is C14H20N2O2S. The molecule has 0 radical (unpaired) electrons. The van der Waals surface area contributed by atoms with Gasteiger partial charge in [0.1, 0.15) is 6.07 Å². The van der Waals surface area contributed by atoms with E-state index in [4.69, 9.17) is 9.47 Å². The highest BCUT2D eigenvalue weighted by molar-refractivity contribution is 7.99. The molecule has 0 bridgehead atoms. The van der Waals surface area contributed by atoms with E-state index in [1.807, 2.05) is 18.2 Å². The number of ether oxygens (including phenoxy) is 2. The third-order valence-corrected chi connectivity index (χ3v) is 3.58. The minimum Gasteiger partial charge on any atom is -0.382 e. The van der Waals surface area contributed by atoms with Gasteiger partial charge >= 0.3 is 0 Å². The second-order valence-corrected chi connectivity index (χ2v) is 5.22. The Morgan fingerprint density at radius 1 is 1.42 bits per heavy atom. The fourth-order valence-electron chi connectivity index (χ4n) is 1.69. The van der Waals surface area contributed by atoms with E-state index in [9.17, 15) is 5.26 Å². The van der Waals surface area contributed by atoms with Crippen LogP contribution in [0.2, 0.25) is 0 Å². The molecule has 1 unspecified atom stereocenters. The van der Waals surface area contributed by atoms with Gasteiger partial charge in [-0.15, -0.1) is 11.8 Å². The molecule has 1 aromatic carbocycles. The number of hydrogen-bond acceptors (Lipinski definition) is 5. The van der Waals surface area contributed by atoms with Gasteiger partial charge in [0.25, 0.3) is 0 Å². The Balaban J connectivity index is 2.77. The van der Waals surface area contributed by atoms with Crippen LogP contribution in [0.5, 0.6) is 0 Å². The molecule has 1 N–H and O–H groups in total. The number of nitrogens with one attached hydrogen (secondary N) is 1. The van der Waals surface area contributed by atoms with Crippen molar-refractivity contribution in [3.8, 4) is 6.07 Å². The van der Waals surface area contributed by atoms with Gasteiger partial charge in [-0.25, -0.2) is 0 Å². The number of hydrogen-bond donors (Lipinski definition) is 1. The molecule has 0 spiro atoms. The summed E-state index contributed by atoms with van der Waals surface area (Å²) in [5, 5.41) is 12.6. The van der Waals surface area contributed by atoms with E-state index < -0.39 is 0 Å². The highest BCUT2D eigenvalue weighted by Gasteiger charge is 2.11.